The summed E-state index contributed by atoms with van der Waals surface area (Å²) in [6.45, 7) is 7.87. The Hall–Kier alpha value is -0.610. The van der Waals surface area contributed by atoms with E-state index in [1.807, 2.05) is 0 Å². The van der Waals surface area contributed by atoms with Gasteiger partial charge >= 0.3 is 0 Å². The van der Waals surface area contributed by atoms with Crippen molar-refractivity contribution < 1.29 is 4.79 Å². The maximum atomic E-state index is 12.5. The highest BCUT2D eigenvalue weighted by Crippen LogP contribution is 2.30. The van der Waals surface area contributed by atoms with E-state index < -0.39 is 5.54 Å². The van der Waals surface area contributed by atoms with Crippen LogP contribution in [0.4, 0.5) is 0 Å². The van der Waals surface area contributed by atoms with Crippen LogP contribution in [0.5, 0.6) is 0 Å². The lowest BCUT2D eigenvalue weighted by Crippen LogP contribution is -2.59. The second-order valence-electron chi connectivity index (χ2n) is 7.30. The molecule has 4 heteroatoms. The summed E-state index contributed by atoms with van der Waals surface area (Å²) < 4.78 is 0. The number of carbonyl (C=O) groups excluding carboxylic acids is 1. The summed E-state index contributed by atoms with van der Waals surface area (Å²) >= 11 is 0. The molecule has 0 radical (unpaired) electrons. The van der Waals surface area contributed by atoms with Gasteiger partial charge in [-0.1, -0.05) is 33.1 Å². The van der Waals surface area contributed by atoms with Crippen LogP contribution in [0.1, 0.15) is 65.2 Å². The third-order valence-electron chi connectivity index (χ3n) is 5.24. The van der Waals surface area contributed by atoms with E-state index in [2.05, 4.69) is 24.1 Å². The van der Waals surface area contributed by atoms with Crippen molar-refractivity contribution in [3.8, 4) is 0 Å². The Labute approximate surface area is 129 Å². The van der Waals surface area contributed by atoms with Crippen LogP contribution in [0.25, 0.3) is 0 Å². The quantitative estimate of drug-likeness (QED) is 0.818. The zero-order valence-electron chi connectivity index (χ0n) is 13.9. The molecule has 0 spiro atoms. The van der Waals surface area contributed by atoms with Gasteiger partial charge in [0, 0.05) is 19.1 Å². The Morgan fingerprint density at radius 3 is 2.67 bits per heavy atom. The van der Waals surface area contributed by atoms with E-state index in [0.29, 0.717) is 12.0 Å². The van der Waals surface area contributed by atoms with Crippen molar-refractivity contribution in [2.24, 2.45) is 11.7 Å². The van der Waals surface area contributed by atoms with Crippen LogP contribution in [0, 0.1) is 5.92 Å². The van der Waals surface area contributed by atoms with Gasteiger partial charge in [-0.3, -0.25) is 4.79 Å². The van der Waals surface area contributed by atoms with E-state index in [-0.39, 0.29) is 5.91 Å². The van der Waals surface area contributed by atoms with Crippen molar-refractivity contribution in [2.75, 3.05) is 19.6 Å². The highest BCUT2D eigenvalue weighted by Gasteiger charge is 2.38. The molecule has 122 valence electrons. The molecule has 21 heavy (non-hydrogen) atoms. The highest BCUT2D eigenvalue weighted by atomic mass is 16.2. The molecule has 2 rings (SSSR count). The Balaban J connectivity index is 1.76. The molecule has 4 nitrogen and oxygen atoms in total. The predicted molar refractivity (Wildman–Crippen MR) is 87.1 cm³/mol. The van der Waals surface area contributed by atoms with Crippen LogP contribution in [0.2, 0.25) is 0 Å². The molecule has 1 aliphatic heterocycles. The molecule has 0 bridgehead atoms. The van der Waals surface area contributed by atoms with Crippen molar-refractivity contribution in [1.29, 1.82) is 0 Å². The second-order valence-corrected chi connectivity index (χ2v) is 7.30. The molecule has 2 aliphatic rings. The number of carbonyl (C=O) groups is 1. The molecule has 1 aliphatic carbocycles. The topological polar surface area (TPSA) is 58.4 Å². The van der Waals surface area contributed by atoms with Crippen LogP contribution in [-0.2, 0) is 4.79 Å². The molecule has 0 aromatic heterocycles. The van der Waals surface area contributed by atoms with Gasteiger partial charge in [0.05, 0.1) is 5.54 Å². The third kappa shape index (κ3) is 4.68. The van der Waals surface area contributed by atoms with Gasteiger partial charge in [0.25, 0.3) is 0 Å². The Morgan fingerprint density at radius 1 is 1.33 bits per heavy atom. The van der Waals surface area contributed by atoms with Gasteiger partial charge in [-0.05, 0) is 44.6 Å². The first-order chi connectivity index (χ1) is 10.0. The number of nitrogens with one attached hydrogen (secondary N) is 1. The first-order valence-electron chi connectivity index (χ1n) is 8.85. The van der Waals surface area contributed by atoms with E-state index in [4.69, 9.17) is 5.73 Å². The summed E-state index contributed by atoms with van der Waals surface area (Å²) in [5.74, 6) is 0.673. The zero-order chi connectivity index (χ0) is 15.3. The van der Waals surface area contributed by atoms with Crippen molar-refractivity contribution in [3.05, 3.63) is 0 Å². The molecule has 3 N–H and O–H groups in total. The highest BCUT2D eigenvalue weighted by molar-refractivity contribution is 5.86. The molecule has 2 atom stereocenters. The molecule has 1 heterocycles. The monoisotopic (exact) mass is 295 g/mol. The first kappa shape index (κ1) is 16.8. The Kier molecular flexibility index (Phi) is 6.06. The average Bonchev–Trinajstić information content (AvgIpc) is 2.46. The molecule has 0 aromatic rings. The summed E-state index contributed by atoms with van der Waals surface area (Å²) in [4.78, 5) is 15.1. The molecular weight excluding hydrogens is 262 g/mol. The largest absolute Gasteiger partial charge is 0.352 e. The average molecular weight is 295 g/mol. The lowest BCUT2D eigenvalue weighted by molar-refractivity contribution is -0.129. The summed E-state index contributed by atoms with van der Waals surface area (Å²) in [5, 5.41) is 3.24. The molecular formula is C17H33N3O. The summed E-state index contributed by atoms with van der Waals surface area (Å²) in [6, 6.07) is 0.327. The minimum atomic E-state index is -0.614. The number of likely N-dealkylation sites (tertiary alicyclic amines) is 1. The fourth-order valence-corrected chi connectivity index (χ4v) is 3.81. The van der Waals surface area contributed by atoms with Gasteiger partial charge in [-0.25, -0.2) is 0 Å². The fraction of sp³-hybridized carbons (Fsp3) is 0.941. The zero-order valence-corrected chi connectivity index (χ0v) is 13.9. The Morgan fingerprint density at radius 2 is 2.05 bits per heavy atom. The SMILES string of the molecule is CCCCN1CCC(NC(=O)C2(N)CCCC(C)C2)CC1. The van der Waals surface area contributed by atoms with E-state index in [0.717, 1.165) is 45.2 Å². The number of unbranched alkanes of at least 4 members (excludes halogenated alkanes) is 1. The van der Waals surface area contributed by atoms with Gasteiger partial charge in [-0.2, -0.15) is 0 Å². The van der Waals surface area contributed by atoms with E-state index in [1.165, 1.54) is 25.8 Å². The Bertz CT molecular complexity index is 339. The molecule has 1 amide bonds. The van der Waals surface area contributed by atoms with E-state index >= 15 is 0 Å². The number of hydrogen-bond acceptors (Lipinski definition) is 3. The van der Waals surface area contributed by atoms with Gasteiger partial charge in [-0.15, -0.1) is 0 Å². The minimum Gasteiger partial charge on any atom is -0.352 e. The van der Waals surface area contributed by atoms with Crippen LogP contribution in [-0.4, -0.2) is 42.0 Å². The number of hydrogen-bond donors (Lipinski definition) is 2. The number of amides is 1. The third-order valence-corrected chi connectivity index (χ3v) is 5.24. The number of rotatable bonds is 5. The van der Waals surface area contributed by atoms with Crippen LogP contribution >= 0.6 is 0 Å². The van der Waals surface area contributed by atoms with Crippen molar-refractivity contribution in [2.45, 2.75) is 76.8 Å². The van der Waals surface area contributed by atoms with E-state index in [9.17, 15) is 4.79 Å². The maximum absolute atomic E-state index is 12.5. The van der Waals surface area contributed by atoms with Gasteiger partial charge in [0.2, 0.25) is 5.91 Å². The van der Waals surface area contributed by atoms with Gasteiger partial charge in [0.15, 0.2) is 0 Å². The number of nitrogens with zero attached hydrogens (tertiary/aromatic N) is 1. The number of piperidine rings is 1. The summed E-state index contributed by atoms with van der Waals surface area (Å²) in [7, 11) is 0. The lowest BCUT2D eigenvalue weighted by Gasteiger charge is -2.38. The summed E-state index contributed by atoms with van der Waals surface area (Å²) in [6.07, 6.45) is 8.66. The van der Waals surface area contributed by atoms with Gasteiger partial charge in [0.1, 0.15) is 0 Å². The fourth-order valence-electron chi connectivity index (χ4n) is 3.81. The van der Waals surface area contributed by atoms with Crippen molar-refractivity contribution in [3.63, 3.8) is 0 Å². The standard InChI is InChI=1S/C17H33N3O/c1-3-4-10-20-11-7-15(8-12-20)19-16(21)17(18)9-5-6-14(2)13-17/h14-15H,3-13,18H2,1-2H3,(H,19,21). The first-order valence-corrected chi connectivity index (χ1v) is 8.85. The second kappa shape index (κ2) is 7.59. The molecule has 2 unspecified atom stereocenters. The molecule has 2 fully saturated rings. The van der Waals surface area contributed by atoms with Crippen molar-refractivity contribution in [1.82, 2.24) is 10.2 Å². The van der Waals surface area contributed by atoms with Crippen LogP contribution < -0.4 is 11.1 Å². The predicted octanol–water partition coefficient (Wildman–Crippen LogP) is 2.27. The van der Waals surface area contributed by atoms with Crippen molar-refractivity contribution >= 4 is 5.91 Å². The molecule has 1 saturated carbocycles. The normalized spacial score (nSPS) is 32.0. The minimum absolute atomic E-state index is 0.0982. The maximum Gasteiger partial charge on any atom is 0.240 e. The smallest absolute Gasteiger partial charge is 0.240 e. The summed E-state index contributed by atoms with van der Waals surface area (Å²) in [5.41, 5.74) is 5.77. The lowest BCUT2D eigenvalue weighted by atomic mass is 9.76. The molecule has 0 aromatic carbocycles. The van der Waals surface area contributed by atoms with Crippen LogP contribution in [0.15, 0.2) is 0 Å². The van der Waals surface area contributed by atoms with Crippen LogP contribution in [0.3, 0.4) is 0 Å². The van der Waals surface area contributed by atoms with E-state index in [1.54, 1.807) is 0 Å². The van der Waals surface area contributed by atoms with Gasteiger partial charge < -0.3 is 16.0 Å². The molecule has 1 saturated heterocycles. The number of nitrogens with two attached hydrogens (primary N) is 1.